The molecule has 4 aromatic rings. The Morgan fingerprint density at radius 2 is 2.07 bits per heavy atom. The molecule has 1 aliphatic heterocycles. The number of hydrogen-bond donors (Lipinski definition) is 4. The number of thiophene rings is 1. The fourth-order valence-corrected chi connectivity index (χ4v) is 6.91. The minimum atomic E-state index is -0.391. The number of fused-ring (bicyclic) bond motifs is 3. The second kappa shape index (κ2) is 11.0. The van der Waals surface area contributed by atoms with Gasteiger partial charge in [-0.3, -0.25) is 19.9 Å². The van der Waals surface area contributed by atoms with Gasteiger partial charge in [0.2, 0.25) is 0 Å². The average molecular weight is 573 g/mol. The first kappa shape index (κ1) is 27.1. The van der Waals surface area contributed by atoms with Crippen LogP contribution in [-0.4, -0.2) is 61.9 Å². The Balaban J connectivity index is 1.39. The Morgan fingerprint density at radius 1 is 1.24 bits per heavy atom. The highest BCUT2D eigenvalue weighted by Gasteiger charge is 2.22. The number of nitrogens with zero attached hydrogens (tertiary/aromatic N) is 5. The minimum absolute atomic E-state index is 0.0811. The van der Waals surface area contributed by atoms with Gasteiger partial charge in [-0.1, -0.05) is 0 Å². The van der Waals surface area contributed by atoms with Crippen molar-refractivity contribution in [1.82, 2.24) is 29.5 Å². The van der Waals surface area contributed by atoms with Crippen molar-refractivity contribution in [3.05, 3.63) is 79.2 Å². The molecule has 0 aromatic carbocycles. The molecule has 11 nitrogen and oxygen atoms in total. The second-order valence-electron chi connectivity index (χ2n) is 10.6. The van der Waals surface area contributed by atoms with Crippen molar-refractivity contribution in [1.29, 1.82) is 5.41 Å². The summed E-state index contributed by atoms with van der Waals surface area (Å²) in [5, 5.41) is 30.5. The van der Waals surface area contributed by atoms with E-state index in [4.69, 9.17) is 5.41 Å². The third-order valence-electron chi connectivity index (χ3n) is 7.66. The lowest BCUT2D eigenvalue weighted by atomic mass is 9.97. The van der Waals surface area contributed by atoms with E-state index in [1.54, 1.807) is 43.8 Å². The Kier molecular flexibility index (Phi) is 7.28. The fourth-order valence-electron chi connectivity index (χ4n) is 5.62. The average Bonchev–Trinajstić information content (AvgIpc) is 3.35. The number of nitrogens with one attached hydrogen (secondary N) is 3. The maximum atomic E-state index is 13.6. The van der Waals surface area contributed by atoms with Gasteiger partial charge in [0.1, 0.15) is 16.2 Å². The topological polar surface area (TPSA) is 141 Å². The van der Waals surface area contributed by atoms with Crippen LogP contribution in [0.5, 0.6) is 0 Å². The smallest absolute Gasteiger partial charge is 0.290 e. The summed E-state index contributed by atoms with van der Waals surface area (Å²) in [7, 11) is 3.65. The molecule has 41 heavy (non-hydrogen) atoms. The van der Waals surface area contributed by atoms with E-state index < -0.39 is 6.61 Å². The Bertz CT molecular complexity index is 1820. The van der Waals surface area contributed by atoms with E-state index in [0.29, 0.717) is 27.9 Å². The number of amidine groups is 1. The van der Waals surface area contributed by atoms with Crippen molar-refractivity contribution >= 4 is 32.9 Å². The third-order valence-corrected chi connectivity index (χ3v) is 8.96. The van der Waals surface area contributed by atoms with Crippen molar-refractivity contribution < 1.29 is 5.11 Å². The van der Waals surface area contributed by atoms with Gasteiger partial charge in [-0.25, -0.2) is 4.98 Å². The van der Waals surface area contributed by atoms with Crippen molar-refractivity contribution in [3.63, 3.8) is 0 Å². The Morgan fingerprint density at radius 3 is 2.88 bits per heavy atom. The summed E-state index contributed by atoms with van der Waals surface area (Å²) in [6.45, 7) is 2.01. The zero-order valence-corrected chi connectivity index (χ0v) is 23.8. The van der Waals surface area contributed by atoms with Gasteiger partial charge < -0.3 is 20.3 Å². The SMILES string of the molecule is CN1CCN/C(=C\C(=N)Nc2cc(-c3ccnc(-n4ncc5c6c(sc5c4=O)CCCC6)c3CO)cn(C)c2=O)C1. The highest BCUT2D eigenvalue weighted by atomic mass is 32.1. The summed E-state index contributed by atoms with van der Waals surface area (Å²) in [5.41, 5.74) is 3.44. The maximum absolute atomic E-state index is 13.6. The van der Waals surface area contributed by atoms with E-state index in [1.165, 1.54) is 31.0 Å². The summed E-state index contributed by atoms with van der Waals surface area (Å²) < 4.78 is 3.35. The van der Waals surface area contributed by atoms with Crippen LogP contribution in [-0.2, 0) is 26.5 Å². The van der Waals surface area contributed by atoms with Gasteiger partial charge in [0.05, 0.1) is 12.8 Å². The maximum Gasteiger partial charge on any atom is 0.290 e. The number of aliphatic hydroxyl groups is 1. The molecule has 1 fully saturated rings. The van der Waals surface area contributed by atoms with Gasteiger partial charge in [0.15, 0.2) is 5.82 Å². The molecule has 6 rings (SSSR count). The van der Waals surface area contributed by atoms with Crippen LogP contribution in [0.4, 0.5) is 5.69 Å². The van der Waals surface area contributed by atoms with E-state index in [9.17, 15) is 14.7 Å². The Hall–Kier alpha value is -4.13. The molecule has 4 aromatic heterocycles. The molecule has 2 aliphatic rings. The standard InChI is InChI=1S/C29H32N8O3S/c1-35-10-9-31-18(15-35)12-25(30)34-23-11-17(14-36(2)28(23)39)19-7-8-32-27(22(19)16-38)37-29(40)26-21(13-33-37)20-5-3-4-6-24(20)41-26/h7-8,11-14,31,38H,3-6,9-10,15-16H2,1-2H3,(H2,30,34)/b18-12-. The number of rotatable bonds is 5. The van der Waals surface area contributed by atoms with E-state index in [0.717, 1.165) is 49.9 Å². The predicted molar refractivity (Wildman–Crippen MR) is 161 cm³/mol. The molecular weight excluding hydrogens is 540 g/mol. The first-order chi connectivity index (χ1) is 19.8. The van der Waals surface area contributed by atoms with Crippen molar-refractivity contribution in [2.24, 2.45) is 7.05 Å². The minimum Gasteiger partial charge on any atom is -0.392 e. The molecule has 0 amide bonds. The number of hydrogen-bond acceptors (Lipinski definition) is 9. The number of piperazine rings is 1. The van der Waals surface area contributed by atoms with E-state index in [-0.39, 0.29) is 28.5 Å². The van der Waals surface area contributed by atoms with Crippen LogP contribution in [0.15, 0.2) is 52.1 Å². The molecule has 0 unspecified atom stereocenters. The lowest BCUT2D eigenvalue weighted by Crippen LogP contribution is -2.40. The highest BCUT2D eigenvalue weighted by molar-refractivity contribution is 7.19. The molecule has 0 bridgehead atoms. The molecule has 212 valence electrons. The number of likely N-dealkylation sites (N-methyl/N-ethyl adjacent to an activating group) is 1. The van der Waals surface area contributed by atoms with Gasteiger partial charge in [-0.05, 0) is 56.0 Å². The van der Waals surface area contributed by atoms with E-state index >= 15 is 0 Å². The first-order valence-electron chi connectivity index (χ1n) is 13.7. The van der Waals surface area contributed by atoms with Crippen LogP contribution >= 0.6 is 11.3 Å². The lowest BCUT2D eigenvalue weighted by molar-refractivity contribution is 0.281. The molecule has 0 saturated carbocycles. The molecule has 1 saturated heterocycles. The van der Waals surface area contributed by atoms with Gasteiger partial charge in [-0.15, -0.1) is 11.3 Å². The molecule has 0 radical (unpaired) electrons. The summed E-state index contributed by atoms with van der Waals surface area (Å²) in [6.07, 6.45) is 10.8. The zero-order chi connectivity index (χ0) is 28.7. The van der Waals surface area contributed by atoms with Crippen molar-refractivity contribution in [2.45, 2.75) is 32.3 Å². The fraction of sp³-hybridized carbons (Fsp3) is 0.345. The van der Waals surface area contributed by atoms with Crippen LogP contribution in [0.25, 0.3) is 27.0 Å². The summed E-state index contributed by atoms with van der Waals surface area (Å²) >= 11 is 1.53. The van der Waals surface area contributed by atoms with Gasteiger partial charge in [0.25, 0.3) is 11.1 Å². The quantitative estimate of drug-likeness (QED) is 0.211. The number of pyridine rings is 2. The molecular formula is C29H32N8O3S. The van der Waals surface area contributed by atoms with Gasteiger partial charge >= 0.3 is 0 Å². The van der Waals surface area contributed by atoms with Crippen LogP contribution in [0.3, 0.4) is 0 Å². The summed E-state index contributed by atoms with van der Waals surface area (Å²) in [5.74, 6) is 0.328. The molecule has 0 spiro atoms. The second-order valence-corrected chi connectivity index (χ2v) is 11.7. The number of aliphatic hydroxyl groups excluding tert-OH is 1. The molecule has 12 heteroatoms. The number of anilines is 1. The summed E-state index contributed by atoms with van der Waals surface area (Å²) in [4.78, 5) is 34.4. The lowest BCUT2D eigenvalue weighted by Gasteiger charge is -2.26. The highest BCUT2D eigenvalue weighted by Crippen LogP contribution is 2.35. The third kappa shape index (κ3) is 5.09. The monoisotopic (exact) mass is 572 g/mol. The van der Waals surface area contributed by atoms with Crippen molar-refractivity contribution in [3.8, 4) is 16.9 Å². The normalized spacial score (nSPS) is 16.5. The molecule has 1 aliphatic carbocycles. The Labute approximate surface area is 240 Å². The number of aryl methyl sites for hydroxylation is 3. The van der Waals surface area contributed by atoms with Crippen LogP contribution in [0.2, 0.25) is 0 Å². The molecule has 0 atom stereocenters. The van der Waals surface area contributed by atoms with Gasteiger partial charge in [0, 0.05) is 72.2 Å². The van der Waals surface area contributed by atoms with Crippen LogP contribution < -0.4 is 21.8 Å². The molecule has 5 heterocycles. The molecule has 4 N–H and O–H groups in total. The van der Waals surface area contributed by atoms with Crippen molar-refractivity contribution in [2.75, 3.05) is 32.0 Å². The first-order valence-corrected chi connectivity index (χ1v) is 14.5. The zero-order valence-electron chi connectivity index (χ0n) is 23.0. The van der Waals surface area contributed by atoms with Crippen LogP contribution in [0, 0.1) is 5.41 Å². The van der Waals surface area contributed by atoms with Gasteiger partial charge in [-0.2, -0.15) is 9.78 Å². The number of aromatic nitrogens is 4. The summed E-state index contributed by atoms with van der Waals surface area (Å²) in [6, 6.07) is 3.39. The largest absolute Gasteiger partial charge is 0.392 e. The van der Waals surface area contributed by atoms with E-state index in [2.05, 4.69) is 25.6 Å². The van der Waals surface area contributed by atoms with E-state index in [1.807, 2.05) is 7.05 Å². The van der Waals surface area contributed by atoms with Crippen LogP contribution in [0.1, 0.15) is 28.8 Å². The predicted octanol–water partition coefficient (Wildman–Crippen LogP) is 2.39.